The van der Waals surface area contributed by atoms with Gasteiger partial charge in [0.25, 0.3) is 5.92 Å². The van der Waals surface area contributed by atoms with Gasteiger partial charge >= 0.3 is 0 Å². The molecule has 0 atom stereocenters. The van der Waals surface area contributed by atoms with Crippen LogP contribution in [-0.2, 0) is 0 Å². The molecule has 96 valence electrons. The highest BCUT2D eigenvalue weighted by Gasteiger charge is 2.27. The number of anilines is 2. The molecule has 0 unspecified atom stereocenters. The molecule has 1 rings (SSSR count). The molecule has 1 heterocycles. The van der Waals surface area contributed by atoms with Crippen LogP contribution in [0, 0.1) is 13.8 Å². The van der Waals surface area contributed by atoms with Gasteiger partial charge in [-0.15, -0.1) is 0 Å². The van der Waals surface area contributed by atoms with Crippen molar-refractivity contribution in [2.75, 3.05) is 30.8 Å². The first-order valence-electron chi connectivity index (χ1n) is 5.15. The Hall–Kier alpha value is -1.50. The van der Waals surface area contributed by atoms with Crippen molar-refractivity contribution >= 4 is 11.6 Å². The second-order valence-corrected chi connectivity index (χ2v) is 3.71. The number of aliphatic hydroxyl groups excluding tert-OH is 1. The van der Waals surface area contributed by atoms with Crippen LogP contribution in [0.4, 0.5) is 20.4 Å². The molecule has 0 aromatic carbocycles. The molecular weight excluding hydrogens is 230 g/mol. The van der Waals surface area contributed by atoms with Gasteiger partial charge < -0.3 is 15.7 Å². The maximum Gasteiger partial charge on any atom is 0.287 e. The summed E-state index contributed by atoms with van der Waals surface area (Å²) in [7, 11) is 1.70. The number of aryl methyl sites for hydroxylation is 1. The first-order valence-corrected chi connectivity index (χ1v) is 5.15. The highest BCUT2D eigenvalue weighted by molar-refractivity contribution is 5.56. The maximum absolute atomic E-state index is 12.9. The van der Waals surface area contributed by atoms with Crippen molar-refractivity contribution in [1.82, 2.24) is 9.97 Å². The van der Waals surface area contributed by atoms with E-state index in [1.165, 1.54) is 0 Å². The molecule has 0 aliphatic carbocycles. The molecule has 3 N–H and O–H groups in total. The molecular formula is C10H16F2N4O. The standard InChI is InChI=1S/C10H16F2N4O/c1-6-8(13-3)15-7(2)16-9(6)14-4-10(11,12)5-17/h17H,4-5H2,1-3H3,(H2,13,14,15,16). The summed E-state index contributed by atoms with van der Waals surface area (Å²) < 4.78 is 25.8. The van der Waals surface area contributed by atoms with Crippen molar-refractivity contribution < 1.29 is 13.9 Å². The van der Waals surface area contributed by atoms with Crippen LogP contribution in [-0.4, -0.2) is 41.2 Å². The zero-order chi connectivity index (χ0) is 13.1. The summed E-state index contributed by atoms with van der Waals surface area (Å²) in [6.45, 7) is 1.55. The minimum Gasteiger partial charge on any atom is -0.390 e. The summed E-state index contributed by atoms with van der Waals surface area (Å²) in [5.74, 6) is -1.75. The Bertz CT molecular complexity index is 398. The van der Waals surface area contributed by atoms with E-state index in [4.69, 9.17) is 5.11 Å². The molecule has 17 heavy (non-hydrogen) atoms. The lowest BCUT2D eigenvalue weighted by Gasteiger charge is -2.17. The Balaban J connectivity index is 2.88. The Labute approximate surface area is 98.3 Å². The smallest absolute Gasteiger partial charge is 0.287 e. The van der Waals surface area contributed by atoms with Gasteiger partial charge in [-0.05, 0) is 13.8 Å². The minimum absolute atomic E-state index is 0.343. The zero-order valence-electron chi connectivity index (χ0n) is 10.0. The number of nitrogens with one attached hydrogen (secondary N) is 2. The Morgan fingerprint density at radius 3 is 2.35 bits per heavy atom. The third-order valence-electron chi connectivity index (χ3n) is 2.24. The van der Waals surface area contributed by atoms with Crippen LogP contribution in [0.2, 0.25) is 0 Å². The molecule has 1 aromatic rings. The molecule has 0 saturated heterocycles. The van der Waals surface area contributed by atoms with Crippen molar-refractivity contribution in [3.8, 4) is 0 Å². The SMILES string of the molecule is CNc1nc(C)nc(NCC(F)(F)CO)c1C. The molecule has 1 aromatic heterocycles. The van der Waals surface area contributed by atoms with Crippen LogP contribution in [0.5, 0.6) is 0 Å². The van der Waals surface area contributed by atoms with Crippen LogP contribution in [0.25, 0.3) is 0 Å². The van der Waals surface area contributed by atoms with E-state index in [1.807, 2.05) is 0 Å². The highest BCUT2D eigenvalue weighted by atomic mass is 19.3. The van der Waals surface area contributed by atoms with Crippen molar-refractivity contribution in [2.24, 2.45) is 0 Å². The fourth-order valence-corrected chi connectivity index (χ4v) is 1.31. The number of aromatic nitrogens is 2. The molecule has 0 radical (unpaired) electrons. The molecule has 0 bridgehead atoms. The number of halogens is 2. The van der Waals surface area contributed by atoms with E-state index in [1.54, 1.807) is 20.9 Å². The van der Waals surface area contributed by atoms with Crippen LogP contribution < -0.4 is 10.6 Å². The van der Waals surface area contributed by atoms with E-state index in [0.717, 1.165) is 0 Å². The minimum atomic E-state index is -3.16. The molecule has 0 aliphatic heterocycles. The number of aliphatic hydroxyl groups is 1. The van der Waals surface area contributed by atoms with E-state index < -0.39 is 19.1 Å². The summed E-state index contributed by atoms with van der Waals surface area (Å²) in [5, 5.41) is 13.8. The Kier molecular flexibility index (Phi) is 4.17. The van der Waals surface area contributed by atoms with Gasteiger partial charge in [0.1, 0.15) is 24.1 Å². The first kappa shape index (κ1) is 13.6. The van der Waals surface area contributed by atoms with Gasteiger partial charge in [-0.2, -0.15) is 0 Å². The number of rotatable bonds is 5. The molecule has 0 amide bonds. The van der Waals surface area contributed by atoms with Gasteiger partial charge in [-0.1, -0.05) is 0 Å². The van der Waals surface area contributed by atoms with Crippen LogP contribution >= 0.6 is 0 Å². The van der Waals surface area contributed by atoms with Crippen molar-refractivity contribution in [3.05, 3.63) is 11.4 Å². The third kappa shape index (κ3) is 3.48. The van der Waals surface area contributed by atoms with E-state index in [9.17, 15) is 8.78 Å². The van der Waals surface area contributed by atoms with Gasteiger partial charge in [0.2, 0.25) is 0 Å². The third-order valence-corrected chi connectivity index (χ3v) is 2.24. The lowest BCUT2D eigenvalue weighted by molar-refractivity contribution is -0.0373. The van der Waals surface area contributed by atoms with Crippen molar-refractivity contribution in [3.63, 3.8) is 0 Å². The second kappa shape index (κ2) is 5.22. The lowest BCUT2D eigenvalue weighted by atomic mass is 10.3. The monoisotopic (exact) mass is 246 g/mol. The number of alkyl halides is 2. The highest BCUT2D eigenvalue weighted by Crippen LogP contribution is 2.21. The maximum atomic E-state index is 12.9. The fraction of sp³-hybridized carbons (Fsp3) is 0.600. The molecule has 5 nitrogen and oxygen atoms in total. The topological polar surface area (TPSA) is 70.1 Å². The van der Waals surface area contributed by atoms with Gasteiger partial charge in [0.05, 0.1) is 6.54 Å². The number of nitrogens with zero attached hydrogens (tertiary/aromatic N) is 2. The predicted octanol–water partition coefficient (Wildman–Crippen LogP) is 1.17. The van der Waals surface area contributed by atoms with Gasteiger partial charge in [-0.3, -0.25) is 0 Å². The quantitative estimate of drug-likeness (QED) is 0.727. The van der Waals surface area contributed by atoms with Crippen molar-refractivity contribution in [2.45, 2.75) is 19.8 Å². The molecule has 0 fully saturated rings. The van der Waals surface area contributed by atoms with Crippen LogP contribution in [0.3, 0.4) is 0 Å². The van der Waals surface area contributed by atoms with Crippen LogP contribution in [0.1, 0.15) is 11.4 Å². The fourth-order valence-electron chi connectivity index (χ4n) is 1.31. The largest absolute Gasteiger partial charge is 0.390 e. The number of hydrogen-bond donors (Lipinski definition) is 3. The van der Waals surface area contributed by atoms with Gasteiger partial charge in [-0.25, -0.2) is 18.7 Å². The summed E-state index contributed by atoms with van der Waals surface area (Å²) in [6.07, 6.45) is 0. The molecule has 0 aliphatic rings. The summed E-state index contributed by atoms with van der Waals surface area (Å²) in [5.41, 5.74) is 0.659. The zero-order valence-corrected chi connectivity index (χ0v) is 10.0. The molecule has 7 heteroatoms. The van der Waals surface area contributed by atoms with E-state index in [-0.39, 0.29) is 0 Å². The van der Waals surface area contributed by atoms with E-state index in [2.05, 4.69) is 20.6 Å². The average molecular weight is 246 g/mol. The normalized spacial score (nSPS) is 11.4. The first-order chi connectivity index (χ1) is 7.89. The second-order valence-electron chi connectivity index (χ2n) is 3.71. The lowest BCUT2D eigenvalue weighted by Crippen LogP contribution is -2.31. The number of hydrogen-bond acceptors (Lipinski definition) is 5. The van der Waals surface area contributed by atoms with Gasteiger partial charge in [0.15, 0.2) is 0 Å². The van der Waals surface area contributed by atoms with E-state index in [0.29, 0.717) is 23.0 Å². The summed E-state index contributed by atoms with van der Waals surface area (Å²) >= 11 is 0. The van der Waals surface area contributed by atoms with Gasteiger partial charge in [0, 0.05) is 12.6 Å². The Morgan fingerprint density at radius 2 is 1.82 bits per heavy atom. The van der Waals surface area contributed by atoms with Crippen LogP contribution in [0.15, 0.2) is 0 Å². The molecule has 0 saturated carbocycles. The molecule has 0 spiro atoms. The summed E-state index contributed by atoms with van der Waals surface area (Å²) in [6, 6.07) is 0. The summed E-state index contributed by atoms with van der Waals surface area (Å²) in [4.78, 5) is 8.16. The average Bonchev–Trinajstić information content (AvgIpc) is 2.30. The predicted molar refractivity (Wildman–Crippen MR) is 61.6 cm³/mol. The van der Waals surface area contributed by atoms with Crippen molar-refractivity contribution in [1.29, 1.82) is 0 Å². The Morgan fingerprint density at radius 1 is 1.24 bits per heavy atom. The van der Waals surface area contributed by atoms with E-state index >= 15 is 0 Å².